The number of fused-ring (bicyclic) bond motifs is 1. The Morgan fingerprint density at radius 1 is 1.31 bits per heavy atom. The third-order valence-electron chi connectivity index (χ3n) is 6.89. The zero-order valence-corrected chi connectivity index (χ0v) is 19.7. The molecule has 1 saturated carbocycles. The van der Waals surface area contributed by atoms with E-state index in [1.165, 1.54) is 15.0 Å². The number of nitrogens with two attached hydrogens (primary N) is 1. The number of H-pyrrole nitrogens is 1. The molecule has 1 aliphatic heterocycles. The van der Waals surface area contributed by atoms with E-state index in [9.17, 15) is 14.4 Å². The molecular weight excluding hydrogens is 426 g/mol. The van der Waals surface area contributed by atoms with E-state index in [-0.39, 0.29) is 36.0 Å². The normalized spacial score (nSPS) is 19.2. The van der Waals surface area contributed by atoms with Crippen molar-refractivity contribution in [2.24, 2.45) is 0 Å². The minimum absolute atomic E-state index is 0.0696. The van der Waals surface area contributed by atoms with E-state index in [1.54, 1.807) is 16.2 Å². The first kappa shape index (κ1) is 22.8. The monoisotopic (exact) mass is 459 g/mol. The quantitative estimate of drug-likeness (QED) is 0.663. The van der Waals surface area contributed by atoms with Crippen molar-refractivity contribution in [2.45, 2.75) is 77.4 Å². The minimum atomic E-state index is -0.577. The Kier molecular flexibility index (Phi) is 6.85. The van der Waals surface area contributed by atoms with Gasteiger partial charge in [-0.2, -0.15) is 0 Å². The van der Waals surface area contributed by atoms with Gasteiger partial charge in [-0.05, 0) is 49.6 Å². The summed E-state index contributed by atoms with van der Waals surface area (Å²) in [7, 11) is 0. The predicted molar refractivity (Wildman–Crippen MR) is 128 cm³/mol. The molecule has 0 spiro atoms. The summed E-state index contributed by atoms with van der Waals surface area (Å²) >= 11 is 1.77. The number of carbonyl (C=O) groups excluding carboxylic acids is 1. The van der Waals surface area contributed by atoms with Gasteiger partial charge in [0, 0.05) is 30.1 Å². The second-order valence-electron chi connectivity index (χ2n) is 8.90. The number of nitrogens with zero attached hydrogens (tertiary/aromatic N) is 3. The van der Waals surface area contributed by atoms with E-state index in [0.717, 1.165) is 51.5 Å². The molecule has 0 saturated heterocycles. The van der Waals surface area contributed by atoms with E-state index in [1.807, 2.05) is 6.92 Å². The van der Waals surface area contributed by atoms with Crippen molar-refractivity contribution in [3.63, 3.8) is 0 Å². The van der Waals surface area contributed by atoms with Crippen LogP contribution in [0.3, 0.4) is 0 Å². The summed E-state index contributed by atoms with van der Waals surface area (Å²) < 4.78 is 1.40. The van der Waals surface area contributed by atoms with Crippen LogP contribution in [-0.2, 0) is 17.8 Å². The zero-order valence-electron chi connectivity index (χ0n) is 18.9. The summed E-state index contributed by atoms with van der Waals surface area (Å²) in [5.41, 5.74) is 6.71. The molecule has 1 aliphatic carbocycles. The molecule has 2 aliphatic rings. The van der Waals surface area contributed by atoms with Gasteiger partial charge in [-0.15, -0.1) is 11.3 Å². The number of amides is 1. The van der Waals surface area contributed by atoms with Crippen LogP contribution in [0.15, 0.2) is 21.0 Å². The smallest absolute Gasteiger partial charge is 0.330 e. The third kappa shape index (κ3) is 4.28. The average molecular weight is 460 g/mol. The van der Waals surface area contributed by atoms with Gasteiger partial charge in [0.05, 0.1) is 6.54 Å². The van der Waals surface area contributed by atoms with Crippen molar-refractivity contribution in [2.75, 3.05) is 23.7 Å². The summed E-state index contributed by atoms with van der Waals surface area (Å²) in [6.07, 6.45) is 6.29. The first-order chi connectivity index (χ1) is 15.4. The van der Waals surface area contributed by atoms with Gasteiger partial charge in [0.25, 0.3) is 5.56 Å². The Bertz CT molecular complexity index is 1080. The summed E-state index contributed by atoms with van der Waals surface area (Å²) in [6, 6.07) is 2.22. The van der Waals surface area contributed by atoms with E-state index in [0.29, 0.717) is 6.54 Å². The summed E-state index contributed by atoms with van der Waals surface area (Å²) in [5.74, 6) is -0.0282. The molecule has 1 amide bonds. The highest BCUT2D eigenvalue weighted by Gasteiger charge is 2.35. The minimum Gasteiger partial charge on any atom is -0.383 e. The van der Waals surface area contributed by atoms with E-state index in [4.69, 9.17) is 5.73 Å². The first-order valence-corrected chi connectivity index (χ1v) is 12.5. The van der Waals surface area contributed by atoms with Crippen LogP contribution in [-0.4, -0.2) is 39.5 Å². The van der Waals surface area contributed by atoms with Gasteiger partial charge in [-0.3, -0.25) is 24.0 Å². The van der Waals surface area contributed by atoms with E-state index >= 15 is 0 Å². The molecule has 8 nitrogen and oxygen atoms in total. The Morgan fingerprint density at radius 2 is 2.06 bits per heavy atom. The molecule has 32 heavy (non-hydrogen) atoms. The van der Waals surface area contributed by atoms with Crippen molar-refractivity contribution < 1.29 is 4.79 Å². The first-order valence-electron chi connectivity index (χ1n) is 11.7. The maximum Gasteiger partial charge on any atom is 0.330 e. The molecule has 2 aromatic heterocycles. The molecule has 3 N–H and O–H groups in total. The molecule has 1 fully saturated rings. The lowest BCUT2D eigenvalue weighted by molar-refractivity contribution is -0.120. The van der Waals surface area contributed by atoms with Crippen molar-refractivity contribution in [1.29, 1.82) is 0 Å². The molecule has 2 aromatic rings. The summed E-state index contributed by atoms with van der Waals surface area (Å²) in [4.78, 5) is 46.6. The van der Waals surface area contributed by atoms with E-state index in [2.05, 4.69) is 28.3 Å². The predicted octanol–water partition coefficient (Wildman–Crippen LogP) is 2.88. The lowest BCUT2D eigenvalue weighted by Crippen LogP contribution is -2.50. The number of nitrogens with one attached hydrogen (secondary N) is 1. The third-order valence-corrected chi connectivity index (χ3v) is 7.89. The van der Waals surface area contributed by atoms with Crippen LogP contribution in [0.5, 0.6) is 0 Å². The van der Waals surface area contributed by atoms with Gasteiger partial charge in [0.2, 0.25) is 5.91 Å². The van der Waals surface area contributed by atoms with E-state index < -0.39 is 11.2 Å². The van der Waals surface area contributed by atoms with Crippen LogP contribution in [0.2, 0.25) is 0 Å². The number of nitrogen functional groups attached to an aromatic ring is 1. The van der Waals surface area contributed by atoms with Crippen molar-refractivity contribution in [3.8, 4) is 0 Å². The highest BCUT2D eigenvalue weighted by atomic mass is 32.1. The van der Waals surface area contributed by atoms with Gasteiger partial charge in [-0.1, -0.05) is 26.2 Å². The molecule has 9 heteroatoms. The van der Waals surface area contributed by atoms with Crippen molar-refractivity contribution in [3.05, 3.63) is 42.7 Å². The number of aromatic nitrogens is 2. The number of rotatable bonds is 7. The van der Waals surface area contributed by atoms with Crippen LogP contribution < -0.4 is 21.9 Å². The highest BCUT2D eigenvalue weighted by molar-refractivity contribution is 7.10. The molecule has 0 bridgehead atoms. The van der Waals surface area contributed by atoms with Crippen LogP contribution in [0.1, 0.15) is 68.9 Å². The highest BCUT2D eigenvalue weighted by Crippen LogP contribution is 2.34. The number of hydrogen-bond donors (Lipinski definition) is 2. The number of aromatic amines is 1. The molecule has 174 valence electrons. The largest absolute Gasteiger partial charge is 0.383 e. The SMILES string of the molecule is CCCCn1c(N)c(N(C(=O)CN2CCc3sccc3C2C)C2CCCC2)c(=O)[nH]c1=O. The molecular formula is C23H33N5O3S. The fraction of sp³-hybridized carbons (Fsp3) is 0.609. The number of hydrogen-bond acceptors (Lipinski definition) is 6. The fourth-order valence-corrected chi connectivity index (χ4v) is 6.01. The maximum atomic E-state index is 13.7. The van der Waals surface area contributed by atoms with Gasteiger partial charge >= 0.3 is 5.69 Å². The fourth-order valence-electron chi connectivity index (χ4n) is 5.05. The standard InChI is InChI=1S/C23H33N5O3S/c1-3-4-11-27-21(24)20(22(30)25-23(27)31)28(16-7-5-6-8-16)19(29)14-26-12-9-18-17(15(26)2)10-13-32-18/h10,13,15-16H,3-9,11-12,14,24H2,1-2H3,(H,25,30,31). The summed E-state index contributed by atoms with van der Waals surface area (Å²) in [6.45, 7) is 5.60. The van der Waals surface area contributed by atoms with Gasteiger partial charge < -0.3 is 10.6 Å². The molecule has 1 unspecified atom stereocenters. The molecule has 3 heterocycles. The maximum absolute atomic E-state index is 13.7. The van der Waals surface area contributed by atoms with Crippen LogP contribution in [0.4, 0.5) is 11.5 Å². The molecule has 4 rings (SSSR count). The number of carbonyl (C=O) groups is 1. The molecule has 0 radical (unpaired) electrons. The number of thiophene rings is 1. The van der Waals surface area contributed by atoms with Gasteiger partial charge in [0.1, 0.15) is 5.82 Å². The Labute approximate surface area is 192 Å². The topological polar surface area (TPSA) is 104 Å². The number of anilines is 2. The second kappa shape index (κ2) is 9.62. The van der Waals surface area contributed by atoms with Crippen molar-refractivity contribution >= 4 is 28.7 Å². The Hall–Kier alpha value is -2.39. The second-order valence-corrected chi connectivity index (χ2v) is 9.90. The molecule has 1 atom stereocenters. The zero-order chi connectivity index (χ0) is 22.8. The Balaban J connectivity index is 1.67. The van der Waals surface area contributed by atoms with Gasteiger partial charge in [-0.25, -0.2) is 4.79 Å². The Morgan fingerprint density at radius 3 is 2.78 bits per heavy atom. The van der Waals surface area contributed by atoms with Crippen LogP contribution in [0, 0.1) is 0 Å². The van der Waals surface area contributed by atoms with Gasteiger partial charge in [0.15, 0.2) is 5.69 Å². The molecule has 0 aromatic carbocycles. The average Bonchev–Trinajstić information content (AvgIpc) is 3.45. The lowest BCUT2D eigenvalue weighted by Gasteiger charge is -2.36. The summed E-state index contributed by atoms with van der Waals surface area (Å²) in [5, 5.41) is 2.11. The number of unbranched alkanes of at least 4 members (excludes halogenated alkanes) is 1. The van der Waals surface area contributed by atoms with Crippen LogP contribution >= 0.6 is 11.3 Å². The van der Waals surface area contributed by atoms with Crippen LogP contribution in [0.25, 0.3) is 0 Å². The lowest BCUT2D eigenvalue weighted by atomic mass is 10.0. The van der Waals surface area contributed by atoms with Crippen molar-refractivity contribution in [1.82, 2.24) is 14.5 Å².